The Labute approximate surface area is 265 Å². The molecule has 0 saturated heterocycles. The van der Waals surface area contributed by atoms with Gasteiger partial charge < -0.3 is 23.5 Å². The summed E-state index contributed by atoms with van der Waals surface area (Å²) in [5, 5.41) is 0.855. The molecule has 1 saturated carbocycles. The molecule has 2 aromatic heterocycles. The van der Waals surface area contributed by atoms with Gasteiger partial charge in [-0.2, -0.15) is 11.8 Å². The van der Waals surface area contributed by atoms with Crippen molar-refractivity contribution in [3.8, 4) is 17.1 Å². The van der Waals surface area contributed by atoms with Gasteiger partial charge in [-0.15, -0.1) is 0 Å². The van der Waals surface area contributed by atoms with E-state index in [0.29, 0.717) is 46.3 Å². The number of rotatable bonds is 8. The van der Waals surface area contributed by atoms with Crippen LogP contribution in [0.1, 0.15) is 76.6 Å². The number of esters is 2. The number of aryl methyl sites for hydroxylation is 1. The number of pyridine rings is 2. The molecule has 0 amide bonds. The largest absolute Gasteiger partial charge is 0.509 e. The van der Waals surface area contributed by atoms with Gasteiger partial charge in [0.05, 0.1) is 34.9 Å². The first-order valence-corrected chi connectivity index (χ1v) is 16.5. The summed E-state index contributed by atoms with van der Waals surface area (Å²) in [5.41, 5.74) is 2.13. The third kappa shape index (κ3) is 5.60. The monoisotopic (exact) mass is 634 g/mol. The molecule has 1 aliphatic carbocycles. The Hall–Kier alpha value is -3.86. The van der Waals surface area contributed by atoms with Crippen LogP contribution in [0.2, 0.25) is 0 Å². The van der Waals surface area contributed by atoms with Gasteiger partial charge in [-0.05, 0) is 55.0 Å². The third-order valence-electron chi connectivity index (χ3n) is 8.83. The quantitative estimate of drug-likeness (QED) is 0.132. The predicted octanol–water partition coefficient (Wildman–Crippen LogP) is 5.90. The summed E-state index contributed by atoms with van der Waals surface area (Å²) in [6.07, 6.45) is 0.552. The average Bonchev–Trinajstić information content (AvgIpc) is 3.62. The highest BCUT2D eigenvalue weighted by Gasteiger charge is 2.51. The molecule has 4 heterocycles. The number of nitrogens with zero attached hydrogens (tertiary/aromatic N) is 2. The van der Waals surface area contributed by atoms with Crippen molar-refractivity contribution in [3.05, 3.63) is 56.9 Å². The number of carbonyl (C=O) groups excluding carboxylic acids is 3. The van der Waals surface area contributed by atoms with Crippen molar-refractivity contribution in [1.29, 1.82) is 0 Å². The molecular formula is C34H38N2O8S. The number of hydrogen-bond donors (Lipinski definition) is 0. The molecule has 3 atom stereocenters. The summed E-state index contributed by atoms with van der Waals surface area (Å²) in [7, 11) is 0. The number of aromatic nitrogens is 2. The number of hydrogen-bond acceptors (Lipinski definition) is 10. The lowest BCUT2D eigenvalue weighted by atomic mass is 9.85. The molecule has 238 valence electrons. The lowest BCUT2D eigenvalue weighted by Gasteiger charge is -2.35. The molecule has 3 aliphatic rings. The van der Waals surface area contributed by atoms with Gasteiger partial charge in [-0.1, -0.05) is 41.5 Å². The molecule has 45 heavy (non-hydrogen) atoms. The minimum absolute atomic E-state index is 0.00383. The van der Waals surface area contributed by atoms with E-state index in [1.165, 1.54) is 0 Å². The molecule has 10 nitrogen and oxygen atoms in total. The molecular weight excluding hydrogens is 596 g/mol. The van der Waals surface area contributed by atoms with Crippen molar-refractivity contribution in [1.82, 2.24) is 9.55 Å². The van der Waals surface area contributed by atoms with Crippen molar-refractivity contribution in [2.45, 2.75) is 84.3 Å². The average molecular weight is 635 g/mol. The van der Waals surface area contributed by atoms with Crippen molar-refractivity contribution in [3.63, 3.8) is 0 Å². The molecule has 0 N–H and O–H groups in total. The number of thioether (sulfide) groups is 1. The fourth-order valence-electron chi connectivity index (χ4n) is 6.25. The van der Waals surface area contributed by atoms with Crippen LogP contribution in [0.3, 0.4) is 0 Å². The van der Waals surface area contributed by atoms with Crippen LogP contribution in [0.15, 0.2) is 29.1 Å². The molecule has 1 fully saturated rings. The maximum Gasteiger partial charge on any atom is 0.509 e. The first-order valence-electron chi connectivity index (χ1n) is 15.5. The Morgan fingerprint density at radius 2 is 1.91 bits per heavy atom. The zero-order chi connectivity index (χ0) is 32.3. The summed E-state index contributed by atoms with van der Waals surface area (Å²) in [6.45, 7) is 12.1. The van der Waals surface area contributed by atoms with Gasteiger partial charge in [0.15, 0.2) is 0 Å². The summed E-state index contributed by atoms with van der Waals surface area (Å²) >= 11 is 1.64. The molecule has 11 heteroatoms. The molecule has 2 aliphatic heterocycles. The summed E-state index contributed by atoms with van der Waals surface area (Å²) < 4.78 is 23.8. The lowest BCUT2D eigenvalue weighted by Crippen LogP contribution is -2.47. The van der Waals surface area contributed by atoms with Gasteiger partial charge in [0.1, 0.15) is 19.0 Å². The van der Waals surface area contributed by atoms with E-state index >= 15 is 0 Å². The zero-order valence-electron chi connectivity index (χ0n) is 26.5. The molecule has 0 bridgehead atoms. The minimum atomic E-state index is -1.83. The highest BCUT2D eigenvalue weighted by Crippen LogP contribution is 2.43. The van der Waals surface area contributed by atoms with E-state index in [1.807, 2.05) is 26.0 Å². The van der Waals surface area contributed by atoms with E-state index in [2.05, 4.69) is 20.8 Å². The van der Waals surface area contributed by atoms with Crippen molar-refractivity contribution in [2.24, 2.45) is 11.8 Å². The van der Waals surface area contributed by atoms with Crippen LogP contribution in [0, 0.1) is 11.8 Å². The van der Waals surface area contributed by atoms with Gasteiger partial charge in [-0.3, -0.25) is 9.59 Å². The van der Waals surface area contributed by atoms with Gasteiger partial charge in [0, 0.05) is 27.0 Å². The van der Waals surface area contributed by atoms with E-state index in [-0.39, 0.29) is 53.9 Å². The lowest BCUT2D eigenvalue weighted by molar-refractivity contribution is -0.175. The van der Waals surface area contributed by atoms with Crippen LogP contribution >= 0.6 is 11.8 Å². The Kier molecular flexibility index (Phi) is 7.95. The SMILES string of the molecule is CCc1c2c(nc3ccc(OC(=O)C4CC4C)cc13)-c1cc3c(c(=O)n1C2)COC(=O)[C@@]3(CC)OC(=O)OCCSC(C)(C)C. The second kappa shape index (κ2) is 11.5. The second-order valence-corrected chi connectivity index (χ2v) is 14.8. The maximum absolute atomic E-state index is 14.0. The highest BCUT2D eigenvalue weighted by molar-refractivity contribution is 8.00. The molecule has 0 radical (unpaired) electrons. The second-order valence-electron chi connectivity index (χ2n) is 12.9. The number of ether oxygens (including phenoxy) is 4. The van der Waals surface area contributed by atoms with Crippen LogP contribution < -0.4 is 10.3 Å². The van der Waals surface area contributed by atoms with Crippen LogP contribution in [0.25, 0.3) is 22.3 Å². The standard InChI is InChI=1S/C34H38N2O8S/c1-7-20-22-14-19(43-30(38)21-13-18(21)3)9-10-26(22)35-28-23(20)16-36-27(28)15-25-24(29(36)37)17-42-31(39)34(25,8-2)44-32(40)41-11-12-45-33(4,5)6/h9-10,14-15,18,21H,7-8,11-13,16-17H2,1-6H3/t18?,21?,34-/m0/s1. The summed E-state index contributed by atoms with van der Waals surface area (Å²) in [6, 6.07) is 7.13. The van der Waals surface area contributed by atoms with Gasteiger partial charge in [-0.25, -0.2) is 14.6 Å². The molecule has 2 unspecified atom stereocenters. The molecule has 6 rings (SSSR count). The van der Waals surface area contributed by atoms with Gasteiger partial charge >= 0.3 is 18.1 Å². The van der Waals surface area contributed by atoms with E-state index in [0.717, 1.165) is 22.9 Å². The van der Waals surface area contributed by atoms with Gasteiger partial charge in [0.2, 0.25) is 5.60 Å². The topological polar surface area (TPSA) is 123 Å². The predicted molar refractivity (Wildman–Crippen MR) is 169 cm³/mol. The Balaban J connectivity index is 1.36. The van der Waals surface area contributed by atoms with E-state index in [4.69, 9.17) is 23.9 Å². The zero-order valence-corrected chi connectivity index (χ0v) is 27.3. The Bertz CT molecular complexity index is 1790. The minimum Gasteiger partial charge on any atom is -0.457 e. The fourth-order valence-corrected chi connectivity index (χ4v) is 7.03. The van der Waals surface area contributed by atoms with E-state index in [9.17, 15) is 19.2 Å². The Morgan fingerprint density at radius 3 is 2.58 bits per heavy atom. The highest BCUT2D eigenvalue weighted by atomic mass is 32.2. The van der Waals surface area contributed by atoms with Crippen LogP contribution in [-0.4, -0.2) is 44.8 Å². The van der Waals surface area contributed by atoms with Crippen molar-refractivity contribution >= 4 is 40.8 Å². The first kappa shape index (κ1) is 31.1. The van der Waals surface area contributed by atoms with Crippen LogP contribution in [0.4, 0.5) is 4.79 Å². The van der Waals surface area contributed by atoms with E-state index < -0.39 is 17.7 Å². The maximum atomic E-state index is 14.0. The van der Waals surface area contributed by atoms with Crippen molar-refractivity contribution < 1.29 is 33.3 Å². The number of cyclic esters (lactones) is 1. The normalized spacial score (nSPS) is 21.4. The number of benzene rings is 1. The third-order valence-corrected chi connectivity index (χ3v) is 10.1. The number of fused-ring (bicyclic) bond motifs is 5. The van der Waals surface area contributed by atoms with Crippen molar-refractivity contribution in [2.75, 3.05) is 12.4 Å². The smallest absolute Gasteiger partial charge is 0.457 e. The summed E-state index contributed by atoms with van der Waals surface area (Å²) in [5.74, 6) is 0.358. The first-order chi connectivity index (χ1) is 21.4. The number of carbonyl (C=O) groups is 3. The van der Waals surface area contributed by atoms with Gasteiger partial charge in [0.25, 0.3) is 5.56 Å². The summed E-state index contributed by atoms with van der Waals surface area (Å²) in [4.78, 5) is 57.5. The van der Waals surface area contributed by atoms with Crippen LogP contribution in [-0.2, 0) is 49.0 Å². The Morgan fingerprint density at radius 1 is 1.16 bits per heavy atom. The molecule has 3 aromatic rings. The van der Waals surface area contributed by atoms with Crippen LogP contribution in [0.5, 0.6) is 5.75 Å². The molecule has 1 aromatic carbocycles. The molecule has 0 spiro atoms. The fraction of sp³-hybridized carbons (Fsp3) is 0.500. The van der Waals surface area contributed by atoms with E-state index in [1.54, 1.807) is 35.4 Å².